The van der Waals surface area contributed by atoms with Crippen molar-refractivity contribution in [1.29, 1.82) is 0 Å². The molecule has 0 aliphatic carbocycles. The Morgan fingerprint density at radius 3 is 2.50 bits per heavy atom. The topological polar surface area (TPSA) is 50.1 Å². The van der Waals surface area contributed by atoms with Gasteiger partial charge >= 0.3 is 0 Å². The summed E-state index contributed by atoms with van der Waals surface area (Å²) < 4.78 is 5.59. The highest BCUT2D eigenvalue weighted by atomic mass is 16.3. The number of para-hydroxylation sites is 1. The Morgan fingerprint density at radius 1 is 0.808 bits per heavy atom. The molecule has 0 aliphatic heterocycles. The van der Waals surface area contributed by atoms with E-state index in [-0.39, 0.29) is 0 Å². The van der Waals surface area contributed by atoms with E-state index in [2.05, 4.69) is 41.0 Å². The molecule has 2 aromatic carbocycles. The molecule has 130 valence electrons. The normalized spacial score (nSPS) is 10.8. The minimum absolute atomic E-state index is 0.627. The zero-order valence-electron chi connectivity index (χ0n) is 14.7. The van der Waals surface area contributed by atoms with Crippen molar-refractivity contribution in [2.75, 3.05) is 10.6 Å². The van der Waals surface area contributed by atoms with Crippen molar-refractivity contribution in [3.05, 3.63) is 89.9 Å². The van der Waals surface area contributed by atoms with Gasteiger partial charge in [0.25, 0.3) is 0 Å². The summed E-state index contributed by atoms with van der Waals surface area (Å²) in [6, 6.07) is 24.6. The molecule has 0 fully saturated rings. The van der Waals surface area contributed by atoms with Crippen LogP contribution < -0.4 is 10.6 Å². The first kappa shape index (κ1) is 16.2. The first-order chi connectivity index (χ1) is 12.8. The summed E-state index contributed by atoms with van der Waals surface area (Å²) in [6.45, 7) is 3.34. The largest absolute Gasteiger partial charge is 0.465 e. The van der Waals surface area contributed by atoms with Crippen molar-refractivity contribution >= 4 is 22.4 Å². The number of hydrogen-bond donors (Lipinski definition) is 2. The molecule has 0 spiro atoms. The maximum atomic E-state index is 5.59. The highest BCUT2D eigenvalue weighted by molar-refractivity contribution is 5.84. The monoisotopic (exact) mass is 343 g/mol. The Morgan fingerprint density at radius 2 is 1.69 bits per heavy atom. The molecule has 0 saturated carbocycles. The van der Waals surface area contributed by atoms with E-state index in [4.69, 9.17) is 9.40 Å². The van der Waals surface area contributed by atoms with Crippen molar-refractivity contribution in [3.8, 4) is 0 Å². The number of rotatable bonds is 6. The van der Waals surface area contributed by atoms with E-state index >= 15 is 0 Å². The lowest BCUT2D eigenvalue weighted by Gasteiger charge is -2.10. The molecule has 2 heterocycles. The minimum atomic E-state index is 0.627. The average molecular weight is 343 g/mol. The van der Waals surface area contributed by atoms with Crippen LogP contribution in [-0.4, -0.2) is 4.98 Å². The van der Waals surface area contributed by atoms with Gasteiger partial charge in [0, 0.05) is 17.6 Å². The maximum absolute atomic E-state index is 5.59. The summed E-state index contributed by atoms with van der Waals surface area (Å²) in [5, 5.41) is 7.95. The highest BCUT2D eigenvalue weighted by Crippen LogP contribution is 2.21. The number of benzene rings is 2. The first-order valence-electron chi connectivity index (χ1n) is 8.75. The van der Waals surface area contributed by atoms with E-state index in [0.29, 0.717) is 6.54 Å². The van der Waals surface area contributed by atoms with Crippen LogP contribution in [0.25, 0.3) is 10.9 Å². The van der Waals surface area contributed by atoms with Gasteiger partial charge in [-0.1, -0.05) is 30.3 Å². The number of aryl methyl sites for hydroxylation is 1. The fourth-order valence-corrected chi connectivity index (χ4v) is 2.98. The molecular formula is C22H21N3O. The second kappa shape index (κ2) is 7.31. The zero-order valence-corrected chi connectivity index (χ0v) is 14.7. The fourth-order valence-electron chi connectivity index (χ4n) is 2.98. The lowest BCUT2D eigenvalue weighted by atomic mass is 10.1. The van der Waals surface area contributed by atoms with E-state index in [1.54, 1.807) is 0 Å². The summed E-state index contributed by atoms with van der Waals surface area (Å²) in [7, 11) is 0. The van der Waals surface area contributed by atoms with E-state index in [1.165, 1.54) is 5.56 Å². The fraction of sp³-hybridized carbons (Fsp3) is 0.136. The third kappa shape index (κ3) is 3.70. The molecule has 0 radical (unpaired) electrons. The van der Waals surface area contributed by atoms with Crippen LogP contribution in [0.3, 0.4) is 0 Å². The maximum Gasteiger partial charge on any atom is 0.127 e. The van der Waals surface area contributed by atoms with Crippen LogP contribution in [0.15, 0.2) is 77.2 Å². The van der Waals surface area contributed by atoms with Gasteiger partial charge in [-0.15, -0.1) is 0 Å². The number of nitrogens with zero attached hydrogens (tertiary/aromatic N) is 1. The molecule has 2 aromatic heterocycles. The van der Waals surface area contributed by atoms with Crippen LogP contribution in [0.5, 0.6) is 0 Å². The quantitative estimate of drug-likeness (QED) is 0.495. The Hall–Kier alpha value is -3.27. The number of aromatic nitrogens is 1. The molecule has 4 rings (SSSR count). The van der Waals surface area contributed by atoms with Gasteiger partial charge in [0.1, 0.15) is 17.3 Å². The Balaban J connectivity index is 1.49. The molecule has 4 nitrogen and oxygen atoms in total. The molecule has 2 N–H and O–H groups in total. The van der Waals surface area contributed by atoms with E-state index < -0.39 is 0 Å². The van der Waals surface area contributed by atoms with Crippen molar-refractivity contribution < 1.29 is 4.42 Å². The third-order valence-electron chi connectivity index (χ3n) is 4.32. The highest BCUT2D eigenvalue weighted by Gasteiger charge is 2.05. The number of furan rings is 1. The lowest BCUT2D eigenvalue weighted by molar-refractivity contribution is 0.490. The van der Waals surface area contributed by atoms with Crippen LogP contribution in [-0.2, 0) is 13.1 Å². The smallest absolute Gasteiger partial charge is 0.127 e. The minimum Gasteiger partial charge on any atom is -0.465 e. The van der Waals surface area contributed by atoms with Crippen molar-refractivity contribution in [3.63, 3.8) is 0 Å². The molecule has 26 heavy (non-hydrogen) atoms. The molecule has 0 saturated heterocycles. The summed E-state index contributed by atoms with van der Waals surface area (Å²) in [4.78, 5) is 4.73. The SMILES string of the molecule is Cc1ccc(CNc2ccc3c(CNc4ccccc4)cccc3n2)o1. The molecule has 0 atom stereocenters. The predicted molar refractivity (Wildman–Crippen MR) is 106 cm³/mol. The number of hydrogen-bond acceptors (Lipinski definition) is 4. The molecule has 4 heteroatoms. The van der Waals surface area contributed by atoms with Gasteiger partial charge in [-0.25, -0.2) is 4.98 Å². The molecular weight excluding hydrogens is 322 g/mol. The van der Waals surface area contributed by atoms with Gasteiger partial charge in [0.05, 0.1) is 12.1 Å². The Labute approximate surface area is 152 Å². The third-order valence-corrected chi connectivity index (χ3v) is 4.32. The van der Waals surface area contributed by atoms with Crippen LogP contribution in [0.4, 0.5) is 11.5 Å². The summed E-state index contributed by atoms with van der Waals surface area (Å²) >= 11 is 0. The summed E-state index contributed by atoms with van der Waals surface area (Å²) in [5.41, 5.74) is 3.33. The molecule has 0 bridgehead atoms. The number of fused-ring (bicyclic) bond motifs is 1. The average Bonchev–Trinajstić information content (AvgIpc) is 3.10. The number of pyridine rings is 1. The standard InChI is InChI=1S/C22H21N3O/c1-16-10-11-19(26-16)15-24-22-13-12-20-17(6-5-9-21(20)25-22)14-23-18-7-3-2-4-8-18/h2-13,23H,14-15H2,1H3,(H,24,25). The van der Waals surface area contributed by atoms with E-state index in [0.717, 1.165) is 40.5 Å². The Bertz CT molecular complexity index is 1010. The molecule has 0 aliphatic rings. The van der Waals surface area contributed by atoms with Gasteiger partial charge < -0.3 is 15.1 Å². The molecule has 0 unspecified atom stereocenters. The van der Waals surface area contributed by atoms with Crippen LogP contribution >= 0.6 is 0 Å². The van der Waals surface area contributed by atoms with Gasteiger partial charge in [-0.3, -0.25) is 0 Å². The lowest BCUT2D eigenvalue weighted by Crippen LogP contribution is -2.02. The van der Waals surface area contributed by atoms with Gasteiger partial charge in [-0.2, -0.15) is 0 Å². The summed E-state index contributed by atoms with van der Waals surface area (Å²) in [6.07, 6.45) is 0. The van der Waals surface area contributed by atoms with Gasteiger partial charge in [-0.05, 0) is 55.0 Å². The zero-order chi connectivity index (χ0) is 17.8. The summed E-state index contributed by atoms with van der Waals surface area (Å²) in [5.74, 6) is 2.67. The number of anilines is 2. The van der Waals surface area contributed by atoms with E-state index in [9.17, 15) is 0 Å². The van der Waals surface area contributed by atoms with Crippen LogP contribution in [0.2, 0.25) is 0 Å². The van der Waals surface area contributed by atoms with Crippen molar-refractivity contribution in [2.24, 2.45) is 0 Å². The Kier molecular flexibility index (Phi) is 4.56. The van der Waals surface area contributed by atoms with E-state index in [1.807, 2.05) is 49.4 Å². The van der Waals surface area contributed by atoms with Gasteiger partial charge in [0.2, 0.25) is 0 Å². The van der Waals surface area contributed by atoms with Crippen molar-refractivity contribution in [2.45, 2.75) is 20.0 Å². The van der Waals surface area contributed by atoms with Gasteiger partial charge in [0.15, 0.2) is 0 Å². The predicted octanol–water partition coefficient (Wildman–Crippen LogP) is 5.36. The second-order valence-electron chi connectivity index (χ2n) is 6.27. The molecule has 0 amide bonds. The number of nitrogens with one attached hydrogen (secondary N) is 2. The first-order valence-corrected chi connectivity index (χ1v) is 8.75. The van der Waals surface area contributed by atoms with Crippen LogP contribution in [0.1, 0.15) is 17.1 Å². The second-order valence-corrected chi connectivity index (χ2v) is 6.27. The van der Waals surface area contributed by atoms with Crippen molar-refractivity contribution in [1.82, 2.24) is 4.98 Å². The molecule has 4 aromatic rings. The van der Waals surface area contributed by atoms with Crippen LogP contribution in [0, 0.1) is 6.92 Å².